The Morgan fingerprint density at radius 3 is 2.27 bits per heavy atom. The van der Waals surface area contributed by atoms with Crippen LogP contribution in [-0.4, -0.2) is 50.8 Å². The van der Waals surface area contributed by atoms with E-state index in [1.807, 2.05) is 0 Å². The number of rotatable bonds is 3. The van der Waals surface area contributed by atoms with Gasteiger partial charge in [-0.15, -0.1) is 0 Å². The van der Waals surface area contributed by atoms with Gasteiger partial charge < -0.3 is 15.0 Å². The molecule has 0 saturated carbocycles. The first-order valence-electron chi connectivity index (χ1n) is 6.07. The molecule has 90 valence electrons. The van der Waals surface area contributed by atoms with E-state index in [0.29, 0.717) is 6.10 Å². The molecule has 1 saturated heterocycles. The molecule has 15 heavy (non-hydrogen) atoms. The van der Waals surface area contributed by atoms with Crippen LogP contribution in [0.1, 0.15) is 20.8 Å². The van der Waals surface area contributed by atoms with Gasteiger partial charge in [0, 0.05) is 26.7 Å². The van der Waals surface area contributed by atoms with E-state index in [0.717, 1.165) is 31.5 Å². The standard InChI is InChI=1S/C12H26N2O/c1-10-5-13-6-11(2)8-14(7-10)9-12(3)15-4/h10-13H,5-9H2,1-4H3. The molecule has 1 N–H and O–H groups in total. The molecular weight excluding hydrogens is 188 g/mol. The van der Waals surface area contributed by atoms with Gasteiger partial charge >= 0.3 is 0 Å². The van der Waals surface area contributed by atoms with Crippen LogP contribution in [0.2, 0.25) is 0 Å². The summed E-state index contributed by atoms with van der Waals surface area (Å²) in [6, 6.07) is 0. The summed E-state index contributed by atoms with van der Waals surface area (Å²) in [5, 5.41) is 3.52. The van der Waals surface area contributed by atoms with Crippen LogP contribution in [0.3, 0.4) is 0 Å². The maximum Gasteiger partial charge on any atom is 0.0670 e. The minimum absolute atomic E-state index is 0.344. The van der Waals surface area contributed by atoms with Gasteiger partial charge in [0.15, 0.2) is 0 Å². The van der Waals surface area contributed by atoms with E-state index >= 15 is 0 Å². The third-order valence-corrected chi connectivity index (χ3v) is 3.04. The monoisotopic (exact) mass is 214 g/mol. The van der Waals surface area contributed by atoms with Gasteiger partial charge in [-0.3, -0.25) is 0 Å². The van der Waals surface area contributed by atoms with Gasteiger partial charge in [0.1, 0.15) is 0 Å². The van der Waals surface area contributed by atoms with Crippen LogP contribution < -0.4 is 5.32 Å². The van der Waals surface area contributed by atoms with E-state index in [4.69, 9.17) is 4.74 Å². The summed E-state index contributed by atoms with van der Waals surface area (Å²) in [6.07, 6.45) is 0.344. The molecule has 3 nitrogen and oxygen atoms in total. The molecule has 3 heteroatoms. The van der Waals surface area contributed by atoms with Crippen molar-refractivity contribution in [3.63, 3.8) is 0 Å². The van der Waals surface area contributed by atoms with Crippen LogP contribution in [0.25, 0.3) is 0 Å². The van der Waals surface area contributed by atoms with E-state index in [2.05, 4.69) is 31.0 Å². The molecular formula is C12H26N2O. The first-order valence-corrected chi connectivity index (χ1v) is 6.07. The van der Waals surface area contributed by atoms with E-state index in [1.54, 1.807) is 7.11 Å². The average Bonchev–Trinajstić information content (AvgIpc) is 2.15. The van der Waals surface area contributed by atoms with Crippen molar-refractivity contribution in [2.75, 3.05) is 39.8 Å². The predicted molar refractivity (Wildman–Crippen MR) is 64.1 cm³/mol. The lowest BCUT2D eigenvalue weighted by molar-refractivity contribution is 0.0628. The fourth-order valence-corrected chi connectivity index (χ4v) is 2.25. The molecule has 0 aromatic heterocycles. The van der Waals surface area contributed by atoms with Crippen LogP contribution in [0.4, 0.5) is 0 Å². The summed E-state index contributed by atoms with van der Waals surface area (Å²) in [7, 11) is 1.79. The van der Waals surface area contributed by atoms with Gasteiger partial charge in [-0.2, -0.15) is 0 Å². The fraction of sp³-hybridized carbons (Fsp3) is 1.00. The molecule has 3 atom stereocenters. The Hall–Kier alpha value is -0.120. The molecule has 0 aromatic carbocycles. The third kappa shape index (κ3) is 4.96. The van der Waals surface area contributed by atoms with E-state index in [-0.39, 0.29) is 0 Å². The van der Waals surface area contributed by atoms with E-state index < -0.39 is 0 Å². The second-order valence-electron chi connectivity index (χ2n) is 5.13. The van der Waals surface area contributed by atoms with Crippen molar-refractivity contribution in [2.24, 2.45) is 11.8 Å². The minimum atomic E-state index is 0.344. The van der Waals surface area contributed by atoms with Crippen molar-refractivity contribution in [1.29, 1.82) is 0 Å². The van der Waals surface area contributed by atoms with Gasteiger partial charge in [-0.1, -0.05) is 13.8 Å². The van der Waals surface area contributed by atoms with E-state index in [1.165, 1.54) is 13.1 Å². The van der Waals surface area contributed by atoms with Gasteiger partial charge in [-0.25, -0.2) is 0 Å². The van der Waals surface area contributed by atoms with Crippen LogP contribution in [0.15, 0.2) is 0 Å². The van der Waals surface area contributed by atoms with Gasteiger partial charge in [0.05, 0.1) is 6.10 Å². The molecule has 1 rings (SSSR count). The smallest absolute Gasteiger partial charge is 0.0670 e. The highest BCUT2D eigenvalue weighted by Crippen LogP contribution is 2.08. The molecule has 0 amide bonds. The number of ether oxygens (including phenoxy) is 1. The summed E-state index contributed by atoms with van der Waals surface area (Å²) >= 11 is 0. The highest BCUT2D eigenvalue weighted by Gasteiger charge is 2.18. The number of hydrogen-bond acceptors (Lipinski definition) is 3. The van der Waals surface area contributed by atoms with Crippen LogP contribution in [0, 0.1) is 11.8 Å². The summed E-state index contributed by atoms with van der Waals surface area (Å²) < 4.78 is 5.34. The molecule has 0 radical (unpaired) electrons. The number of methoxy groups -OCH3 is 1. The van der Waals surface area contributed by atoms with Crippen molar-refractivity contribution in [3.8, 4) is 0 Å². The SMILES string of the molecule is COC(C)CN1CC(C)CNCC(C)C1. The second kappa shape index (κ2) is 6.46. The Balaban J connectivity index is 2.43. The molecule has 0 aromatic rings. The van der Waals surface area contributed by atoms with Crippen molar-refractivity contribution < 1.29 is 4.74 Å². The lowest BCUT2D eigenvalue weighted by atomic mass is 10.1. The molecule has 1 aliphatic rings. The molecule has 1 aliphatic heterocycles. The highest BCUT2D eigenvalue weighted by atomic mass is 16.5. The summed E-state index contributed by atoms with van der Waals surface area (Å²) in [5.74, 6) is 1.48. The zero-order valence-electron chi connectivity index (χ0n) is 10.6. The van der Waals surface area contributed by atoms with Crippen LogP contribution >= 0.6 is 0 Å². The van der Waals surface area contributed by atoms with Crippen LogP contribution in [-0.2, 0) is 4.74 Å². The first kappa shape index (κ1) is 12.9. The number of nitrogens with one attached hydrogen (secondary N) is 1. The normalized spacial score (nSPS) is 32.0. The molecule has 0 bridgehead atoms. The Kier molecular flexibility index (Phi) is 5.58. The largest absolute Gasteiger partial charge is 0.380 e. The van der Waals surface area contributed by atoms with Crippen molar-refractivity contribution in [1.82, 2.24) is 10.2 Å². The van der Waals surface area contributed by atoms with Crippen molar-refractivity contribution in [3.05, 3.63) is 0 Å². The molecule has 3 unspecified atom stereocenters. The van der Waals surface area contributed by atoms with E-state index in [9.17, 15) is 0 Å². The Labute approximate surface area is 94.2 Å². The summed E-state index contributed by atoms with van der Waals surface area (Å²) in [6.45, 7) is 12.5. The second-order valence-corrected chi connectivity index (χ2v) is 5.13. The fourth-order valence-electron chi connectivity index (χ4n) is 2.25. The minimum Gasteiger partial charge on any atom is -0.380 e. The number of nitrogens with zero attached hydrogens (tertiary/aromatic N) is 1. The Morgan fingerprint density at radius 1 is 1.27 bits per heavy atom. The highest BCUT2D eigenvalue weighted by molar-refractivity contribution is 4.74. The van der Waals surface area contributed by atoms with Crippen molar-refractivity contribution in [2.45, 2.75) is 26.9 Å². The predicted octanol–water partition coefficient (Wildman–Crippen LogP) is 1.20. The summed E-state index contributed by atoms with van der Waals surface area (Å²) in [5.41, 5.74) is 0. The number of hydrogen-bond donors (Lipinski definition) is 1. The topological polar surface area (TPSA) is 24.5 Å². The quantitative estimate of drug-likeness (QED) is 0.764. The zero-order valence-corrected chi connectivity index (χ0v) is 10.6. The maximum absolute atomic E-state index is 5.34. The summed E-state index contributed by atoms with van der Waals surface area (Å²) in [4.78, 5) is 2.55. The Morgan fingerprint density at radius 2 is 1.80 bits per heavy atom. The Bertz CT molecular complexity index is 160. The molecule has 1 fully saturated rings. The lowest BCUT2D eigenvalue weighted by Gasteiger charge is -2.33. The third-order valence-electron chi connectivity index (χ3n) is 3.04. The molecule has 1 heterocycles. The molecule has 0 aliphatic carbocycles. The molecule has 0 spiro atoms. The van der Waals surface area contributed by atoms with Crippen molar-refractivity contribution >= 4 is 0 Å². The maximum atomic E-state index is 5.34. The van der Waals surface area contributed by atoms with Gasteiger partial charge in [0.25, 0.3) is 0 Å². The average molecular weight is 214 g/mol. The lowest BCUT2D eigenvalue weighted by Crippen LogP contribution is -2.45. The zero-order chi connectivity index (χ0) is 11.3. The van der Waals surface area contributed by atoms with Gasteiger partial charge in [0.2, 0.25) is 0 Å². The van der Waals surface area contributed by atoms with Gasteiger partial charge in [-0.05, 0) is 31.8 Å². The first-order chi connectivity index (χ1) is 7.11. The van der Waals surface area contributed by atoms with Crippen LogP contribution in [0.5, 0.6) is 0 Å².